The highest BCUT2D eigenvalue weighted by Gasteiger charge is 2.02. The van der Waals surface area contributed by atoms with E-state index in [0.717, 1.165) is 5.52 Å². The molecule has 3 rings (SSSR count). The molecule has 0 aliphatic heterocycles. The number of pyridine rings is 1. The van der Waals surface area contributed by atoms with E-state index >= 15 is 0 Å². The molecule has 0 fully saturated rings. The predicted molar refractivity (Wildman–Crippen MR) is 59.4 cm³/mol. The van der Waals surface area contributed by atoms with E-state index in [4.69, 9.17) is 0 Å². The minimum absolute atomic E-state index is 1.09. The Balaban J connectivity index is 2.24. The van der Waals surface area contributed by atoms with E-state index in [1.807, 2.05) is 18.5 Å². The van der Waals surface area contributed by atoms with Crippen LogP contribution in [-0.2, 0) is 0 Å². The third-order valence-corrected chi connectivity index (χ3v) is 3.11. The molecule has 0 atom stereocenters. The minimum Gasteiger partial charge on any atom is -0.353 e. The summed E-state index contributed by atoms with van der Waals surface area (Å²) in [4.78, 5) is 8.69. The molecule has 3 heterocycles. The van der Waals surface area contributed by atoms with Crippen LogP contribution in [0.2, 0.25) is 0 Å². The molecule has 2 nitrogen and oxygen atoms in total. The number of rotatable bonds is 1. The maximum atomic E-state index is 4.08. The topological polar surface area (TPSA) is 28.7 Å². The van der Waals surface area contributed by atoms with Gasteiger partial charge in [-0.1, -0.05) is 6.07 Å². The first kappa shape index (κ1) is 7.76. The van der Waals surface area contributed by atoms with Gasteiger partial charge in [0, 0.05) is 11.6 Å². The molecule has 14 heavy (non-hydrogen) atoms. The molecule has 0 saturated heterocycles. The van der Waals surface area contributed by atoms with Crippen LogP contribution in [0.4, 0.5) is 0 Å². The van der Waals surface area contributed by atoms with Gasteiger partial charge in [0.15, 0.2) is 0 Å². The summed E-state index contributed by atoms with van der Waals surface area (Å²) in [5.41, 5.74) is 2.26. The van der Waals surface area contributed by atoms with Gasteiger partial charge in [-0.15, -0.1) is 11.3 Å². The zero-order valence-corrected chi connectivity index (χ0v) is 8.21. The van der Waals surface area contributed by atoms with Gasteiger partial charge in [0.25, 0.3) is 0 Å². The fourth-order valence-electron chi connectivity index (χ4n) is 1.54. The average Bonchev–Trinajstić information content (AvgIpc) is 2.86. The fraction of sp³-hybridized carbons (Fsp3) is 0. The van der Waals surface area contributed by atoms with Crippen LogP contribution >= 0.6 is 11.3 Å². The molecule has 3 aromatic rings. The van der Waals surface area contributed by atoms with Crippen molar-refractivity contribution < 1.29 is 0 Å². The number of thiophene rings is 1. The number of aromatic amines is 1. The molecular weight excluding hydrogens is 192 g/mol. The van der Waals surface area contributed by atoms with Crippen LogP contribution in [0.3, 0.4) is 0 Å². The van der Waals surface area contributed by atoms with Gasteiger partial charge >= 0.3 is 0 Å². The Labute approximate surface area is 85.2 Å². The zero-order valence-electron chi connectivity index (χ0n) is 7.40. The smallest absolute Gasteiger partial charge is 0.0645 e. The van der Waals surface area contributed by atoms with Gasteiger partial charge in [-0.2, -0.15) is 0 Å². The zero-order chi connectivity index (χ0) is 9.38. The van der Waals surface area contributed by atoms with Gasteiger partial charge in [-0.3, -0.25) is 4.98 Å². The molecule has 0 aromatic carbocycles. The number of nitrogens with one attached hydrogen (secondary N) is 1. The Morgan fingerprint density at radius 3 is 3.07 bits per heavy atom. The second-order valence-electron chi connectivity index (χ2n) is 3.12. The lowest BCUT2D eigenvalue weighted by atomic mass is 10.3. The summed E-state index contributed by atoms with van der Waals surface area (Å²) in [6, 6.07) is 8.35. The van der Waals surface area contributed by atoms with Crippen LogP contribution in [0.15, 0.2) is 42.0 Å². The standard InChI is InChI=1S/C11H8N2S/c1-2-11(14-5-1)9-6-8-3-4-12-7-10(8)13-9/h1-7,13H. The average molecular weight is 200 g/mol. The van der Waals surface area contributed by atoms with Crippen LogP contribution in [0, 0.1) is 0 Å². The first-order chi connectivity index (χ1) is 6.93. The Kier molecular flexibility index (Phi) is 1.64. The van der Waals surface area contributed by atoms with E-state index in [0.29, 0.717) is 0 Å². The van der Waals surface area contributed by atoms with Gasteiger partial charge in [0.2, 0.25) is 0 Å². The summed E-state index contributed by atoms with van der Waals surface area (Å²) in [5, 5.41) is 3.29. The van der Waals surface area contributed by atoms with Crippen molar-refractivity contribution in [1.29, 1.82) is 0 Å². The first-order valence-corrected chi connectivity index (χ1v) is 5.28. The third kappa shape index (κ3) is 1.14. The number of hydrogen-bond donors (Lipinski definition) is 1. The molecule has 0 bridgehead atoms. The molecule has 0 aliphatic carbocycles. The molecule has 0 aliphatic rings. The number of H-pyrrole nitrogens is 1. The lowest BCUT2D eigenvalue weighted by Crippen LogP contribution is -1.70. The van der Waals surface area contributed by atoms with E-state index < -0.39 is 0 Å². The first-order valence-electron chi connectivity index (χ1n) is 4.40. The van der Waals surface area contributed by atoms with Gasteiger partial charge in [0.1, 0.15) is 0 Å². The van der Waals surface area contributed by atoms with E-state index in [1.54, 1.807) is 11.3 Å². The van der Waals surface area contributed by atoms with Crippen molar-refractivity contribution in [3.05, 3.63) is 42.0 Å². The van der Waals surface area contributed by atoms with Crippen LogP contribution in [0.25, 0.3) is 21.5 Å². The van der Waals surface area contributed by atoms with Crippen LogP contribution < -0.4 is 0 Å². The van der Waals surface area contributed by atoms with Crippen LogP contribution in [0.1, 0.15) is 0 Å². The Bertz CT molecular complexity index is 518. The Hall–Kier alpha value is -1.61. The maximum Gasteiger partial charge on any atom is 0.0645 e. The SMILES string of the molecule is c1csc(-c2cc3ccncc3[nH]2)c1. The summed E-state index contributed by atoms with van der Waals surface area (Å²) in [6.07, 6.45) is 3.67. The van der Waals surface area contributed by atoms with Gasteiger partial charge in [-0.05, 0) is 23.6 Å². The molecule has 68 valence electrons. The molecule has 0 saturated carbocycles. The van der Waals surface area contributed by atoms with Crippen molar-refractivity contribution in [3.63, 3.8) is 0 Å². The highest BCUT2D eigenvalue weighted by atomic mass is 32.1. The molecule has 0 radical (unpaired) electrons. The van der Waals surface area contributed by atoms with Crippen molar-refractivity contribution in [2.75, 3.05) is 0 Å². The predicted octanol–water partition coefficient (Wildman–Crippen LogP) is 3.29. The van der Waals surface area contributed by atoms with Gasteiger partial charge in [-0.25, -0.2) is 0 Å². The Morgan fingerprint density at radius 2 is 2.29 bits per heavy atom. The van der Waals surface area contributed by atoms with Crippen molar-refractivity contribution in [2.24, 2.45) is 0 Å². The molecule has 0 spiro atoms. The summed E-state index contributed by atoms with van der Waals surface area (Å²) in [5.74, 6) is 0. The molecule has 0 unspecified atom stereocenters. The molecule has 3 aromatic heterocycles. The summed E-state index contributed by atoms with van der Waals surface area (Å²) >= 11 is 1.74. The minimum atomic E-state index is 1.09. The van der Waals surface area contributed by atoms with Crippen LogP contribution in [0.5, 0.6) is 0 Å². The number of nitrogens with zero attached hydrogens (tertiary/aromatic N) is 1. The summed E-state index contributed by atoms with van der Waals surface area (Å²) < 4.78 is 0. The summed E-state index contributed by atoms with van der Waals surface area (Å²) in [7, 11) is 0. The lowest BCUT2D eigenvalue weighted by Gasteiger charge is -1.88. The largest absolute Gasteiger partial charge is 0.353 e. The Morgan fingerprint density at radius 1 is 1.29 bits per heavy atom. The lowest BCUT2D eigenvalue weighted by molar-refractivity contribution is 1.34. The number of aromatic nitrogens is 2. The van der Waals surface area contributed by atoms with Crippen molar-refractivity contribution in [2.45, 2.75) is 0 Å². The highest BCUT2D eigenvalue weighted by Crippen LogP contribution is 2.26. The second-order valence-corrected chi connectivity index (χ2v) is 4.07. The van der Waals surface area contributed by atoms with Gasteiger partial charge in [0.05, 0.1) is 22.3 Å². The number of fused-ring (bicyclic) bond motifs is 1. The molecule has 1 N–H and O–H groups in total. The highest BCUT2D eigenvalue weighted by molar-refractivity contribution is 7.13. The third-order valence-electron chi connectivity index (χ3n) is 2.21. The quantitative estimate of drug-likeness (QED) is 0.641. The van der Waals surface area contributed by atoms with E-state index in [-0.39, 0.29) is 0 Å². The maximum absolute atomic E-state index is 4.08. The van der Waals surface area contributed by atoms with E-state index in [9.17, 15) is 0 Å². The number of hydrogen-bond acceptors (Lipinski definition) is 2. The van der Waals surface area contributed by atoms with Crippen LogP contribution in [-0.4, -0.2) is 9.97 Å². The van der Waals surface area contributed by atoms with E-state index in [1.165, 1.54) is 16.0 Å². The van der Waals surface area contributed by atoms with Crippen molar-refractivity contribution in [3.8, 4) is 10.6 Å². The normalized spacial score (nSPS) is 10.9. The molecular formula is C11H8N2S. The fourth-order valence-corrected chi connectivity index (χ4v) is 2.23. The van der Waals surface area contributed by atoms with Crippen molar-refractivity contribution >= 4 is 22.2 Å². The second kappa shape index (κ2) is 2.96. The molecule has 3 heteroatoms. The van der Waals surface area contributed by atoms with Crippen molar-refractivity contribution in [1.82, 2.24) is 9.97 Å². The van der Waals surface area contributed by atoms with Gasteiger partial charge < -0.3 is 4.98 Å². The summed E-state index contributed by atoms with van der Waals surface area (Å²) in [6.45, 7) is 0. The molecule has 0 amide bonds. The van der Waals surface area contributed by atoms with E-state index in [2.05, 4.69) is 33.5 Å². The monoisotopic (exact) mass is 200 g/mol.